The van der Waals surface area contributed by atoms with Crippen molar-refractivity contribution in [3.05, 3.63) is 24.3 Å². The third-order valence-electron chi connectivity index (χ3n) is 3.76. The monoisotopic (exact) mass is 272 g/mol. The van der Waals surface area contributed by atoms with E-state index in [2.05, 4.69) is 11.4 Å². The van der Waals surface area contributed by atoms with Gasteiger partial charge in [-0.05, 0) is 51.0 Å². The molecular formula is C17H24N2O. The van der Waals surface area contributed by atoms with Crippen LogP contribution < -0.4 is 10.1 Å². The average Bonchev–Trinajstić information content (AvgIpc) is 2.65. The van der Waals surface area contributed by atoms with Crippen molar-refractivity contribution < 1.29 is 4.74 Å². The summed E-state index contributed by atoms with van der Waals surface area (Å²) in [5.74, 6) is 1.02. The number of benzene rings is 1. The fourth-order valence-electron chi connectivity index (χ4n) is 2.75. The Balaban J connectivity index is 1.99. The molecule has 20 heavy (non-hydrogen) atoms. The SMILES string of the molecule is CC(C)Oc1ccc(NC2CCCCCC2C#N)cc1. The number of nitriles is 1. The molecule has 0 aliphatic heterocycles. The second kappa shape index (κ2) is 7.19. The van der Waals surface area contributed by atoms with Gasteiger partial charge in [-0.25, -0.2) is 0 Å². The Bertz CT molecular complexity index is 447. The van der Waals surface area contributed by atoms with Crippen LogP contribution >= 0.6 is 0 Å². The molecule has 1 aliphatic rings. The van der Waals surface area contributed by atoms with E-state index in [1.165, 1.54) is 19.3 Å². The van der Waals surface area contributed by atoms with Crippen LogP contribution in [0.25, 0.3) is 0 Å². The van der Waals surface area contributed by atoms with E-state index >= 15 is 0 Å². The van der Waals surface area contributed by atoms with Crippen LogP contribution in [0.4, 0.5) is 5.69 Å². The van der Waals surface area contributed by atoms with Crippen molar-refractivity contribution in [3.63, 3.8) is 0 Å². The van der Waals surface area contributed by atoms with Crippen LogP contribution in [0, 0.1) is 17.2 Å². The highest BCUT2D eigenvalue weighted by atomic mass is 16.5. The lowest BCUT2D eigenvalue weighted by Gasteiger charge is -2.22. The zero-order valence-electron chi connectivity index (χ0n) is 12.4. The van der Waals surface area contributed by atoms with Gasteiger partial charge >= 0.3 is 0 Å². The topological polar surface area (TPSA) is 45.0 Å². The lowest BCUT2D eigenvalue weighted by Crippen LogP contribution is -2.27. The molecule has 0 amide bonds. The van der Waals surface area contributed by atoms with Crippen molar-refractivity contribution in [2.75, 3.05) is 5.32 Å². The minimum Gasteiger partial charge on any atom is -0.491 e. The van der Waals surface area contributed by atoms with E-state index < -0.39 is 0 Å². The lowest BCUT2D eigenvalue weighted by molar-refractivity contribution is 0.242. The van der Waals surface area contributed by atoms with Gasteiger partial charge in [0.1, 0.15) is 5.75 Å². The smallest absolute Gasteiger partial charge is 0.119 e. The van der Waals surface area contributed by atoms with Crippen LogP contribution in [-0.2, 0) is 0 Å². The fourth-order valence-corrected chi connectivity index (χ4v) is 2.75. The van der Waals surface area contributed by atoms with Crippen molar-refractivity contribution in [2.24, 2.45) is 5.92 Å². The molecule has 2 unspecified atom stereocenters. The minimum atomic E-state index is 0.129. The Kier molecular flexibility index (Phi) is 5.29. The molecule has 0 bridgehead atoms. The van der Waals surface area contributed by atoms with E-state index in [-0.39, 0.29) is 18.1 Å². The molecule has 1 aliphatic carbocycles. The van der Waals surface area contributed by atoms with Gasteiger partial charge in [0.25, 0.3) is 0 Å². The van der Waals surface area contributed by atoms with Crippen LogP contribution in [0.5, 0.6) is 5.75 Å². The van der Waals surface area contributed by atoms with Gasteiger partial charge < -0.3 is 10.1 Å². The highest BCUT2D eigenvalue weighted by Crippen LogP contribution is 2.26. The minimum absolute atomic E-state index is 0.129. The van der Waals surface area contributed by atoms with Crippen molar-refractivity contribution in [1.82, 2.24) is 0 Å². The number of ether oxygens (including phenoxy) is 1. The number of anilines is 1. The zero-order chi connectivity index (χ0) is 14.4. The van der Waals surface area contributed by atoms with Crippen molar-refractivity contribution in [3.8, 4) is 11.8 Å². The fraction of sp³-hybridized carbons (Fsp3) is 0.588. The van der Waals surface area contributed by atoms with E-state index in [0.717, 1.165) is 24.3 Å². The highest BCUT2D eigenvalue weighted by Gasteiger charge is 2.23. The molecule has 0 radical (unpaired) electrons. The molecule has 2 atom stereocenters. The molecule has 1 aromatic carbocycles. The first-order chi connectivity index (χ1) is 9.69. The molecule has 3 nitrogen and oxygen atoms in total. The predicted octanol–water partition coefficient (Wildman–Crippen LogP) is 4.36. The van der Waals surface area contributed by atoms with Crippen LogP contribution in [0.15, 0.2) is 24.3 Å². The molecule has 0 heterocycles. The first-order valence-electron chi connectivity index (χ1n) is 7.62. The second-order valence-electron chi connectivity index (χ2n) is 5.82. The normalized spacial score (nSPS) is 22.9. The molecule has 0 saturated heterocycles. The van der Waals surface area contributed by atoms with Gasteiger partial charge in [-0.2, -0.15) is 5.26 Å². The number of nitrogens with zero attached hydrogens (tertiary/aromatic N) is 1. The summed E-state index contributed by atoms with van der Waals surface area (Å²) in [6.45, 7) is 4.05. The van der Waals surface area contributed by atoms with Crippen molar-refractivity contribution >= 4 is 5.69 Å². The summed E-state index contributed by atoms with van der Waals surface area (Å²) in [7, 11) is 0. The largest absolute Gasteiger partial charge is 0.491 e. The molecule has 1 N–H and O–H groups in total. The Labute approximate surface area is 121 Å². The summed E-state index contributed by atoms with van der Waals surface area (Å²) < 4.78 is 5.64. The summed E-state index contributed by atoms with van der Waals surface area (Å²) in [6.07, 6.45) is 5.93. The summed E-state index contributed by atoms with van der Waals surface area (Å²) in [5.41, 5.74) is 1.08. The molecule has 108 valence electrons. The Hall–Kier alpha value is -1.69. The summed E-state index contributed by atoms with van der Waals surface area (Å²) in [6, 6.07) is 10.8. The summed E-state index contributed by atoms with van der Waals surface area (Å²) in [5, 5.41) is 12.8. The molecule has 2 rings (SSSR count). The number of nitrogens with one attached hydrogen (secondary N) is 1. The van der Waals surface area contributed by atoms with E-state index in [1.54, 1.807) is 0 Å². The third kappa shape index (κ3) is 4.16. The molecule has 1 aromatic rings. The number of rotatable bonds is 4. The molecule has 1 saturated carbocycles. The maximum atomic E-state index is 9.30. The quantitative estimate of drug-likeness (QED) is 0.828. The lowest BCUT2D eigenvalue weighted by atomic mass is 9.96. The number of hydrogen-bond acceptors (Lipinski definition) is 3. The second-order valence-corrected chi connectivity index (χ2v) is 5.82. The first-order valence-corrected chi connectivity index (χ1v) is 7.62. The van der Waals surface area contributed by atoms with Gasteiger partial charge in [0.15, 0.2) is 0 Å². The van der Waals surface area contributed by atoms with Crippen LogP contribution in [-0.4, -0.2) is 12.1 Å². The van der Waals surface area contributed by atoms with E-state index in [1.807, 2.05) is 38.1 Å². The predicted molar refractivity (Wildman–Crippen MR) is 81.8 cm³/mol. The zero-order valence-corrected chi connectivity index (χ0v) is 12.4. The Morgan fingerprint density at radius 2 is 1.85 bits per heavy atom. The third-order valence-corrected chi connectivity index (χ3v) is 3.76. The summed E-state index contributed by atoms with van der Waals surface area (Å²) >= 11 is 0. The van der Waals surface area contributed by atoms with Gasteiger partial charge in [0, 0.05) is 11.7 Å². The van der Waals surface area contributed by atoms with Crippen molar-refractivity contribution in [2.45, 2.75) is 58.1 Å². The Morgan fingerprint density at radius 3 is 2.50 bits per heavy atom. The van der Waals surface area contributed by atoms with Crippen LogP contribution in [0.1, 0.15) is 46.0 Å². The standard InChI is InChI=1S/C17H24N2O/c1-13(2)20-16-10-8-15(9-11-16)19-17-7-5-3-4-6-14(17)12-18/h8-11,13-14,17,19H,3-7H2,1-2H3. The molecule has 3 heteroatoms. The highest BCUT2D eigenvalue weighted by molar-refractivity contribution is 5.47. The molecule has 1 fully saturated rings. The molecule has 0 aromatic heterocycles. The number of hydrogen-bond donors (Lipinski definition) is 1. The summed E-state index contributed by atoms with van der Waals surface area (Å²) in [4.78, 5) is 0. The van der Waals surface area contributed by atoms with E-state index in [0.29, 0.717) is 0 Å². The molecular weight excluding hydrogens is 248 g/mol. The van der Waals surface area contributed by atoms with Gasteiger partial charge in [0.2, 0.25) is 0 Å². The van der Waals surface area contributed by atoms with Gasteiger partial charge in [0.05, 0.1) is 18.1 Å². The Morgan fingerprint density at radius 1 is 1.15 bits per heavy atom. The van der Waals surface area contributed by atoms with Gasteiger partial charge in [-0.15, -0.1) is 0 Å². The maximum absolute atomic E-state index is 9.30. The van der Waals surface area contributed by atoms with Crippen molar-refractivity contribution in [1.29, 1.82) is 5.26 Å². The van der Waals surface area contributed by atoms with Crippen LogP contribution in [0.3, 0.4) is 0 Å². The van der Waals surface area contributed by atoms with E-state index in [9.17, 15) is 5.26 Å². The van der Waals surface area contributed by atoms with Gasteiger partial charge in [-0.1, -0.05) is 19.3 Å². The van der Waals surface area contributed by atoms with Gasteiger partial charge in [-0.3, -0.25) is 0 Å². The van der Waals surface area contributed by atoms with Crippen LogP contribution in [0.2, 0.25) is 0 Å². The average molecular weight is 272 g/mol. The van der Waals surface area contributed by atoms with E-state index in [4.69, 9.17) is 4.74 Å². The first kappa shape index (κ1) is 14.7. The molecule has 0 spiro atoms. The maximum Gasteiger partial charge on any atom is 0.119 e.